The van der Waals surface area contributed by atoms with Crippen LogP contribution in [0.1, 0.15) is 19.4 Å². The molecule has 0 aliphatic carbocycles. The molecular weight excluding hydrogens is 234 g/mol. The summed E-state index contributed by atoms with van der Waals surface area (Å²) in [7, 11) is 0. The maximum atomic E-state index is 11.9. The number of urea groups is 1. The lowest BCUT2D eigenvalue weighted by Crippen LogP contribution is -2.34. The summed E-state index contributed by atoms with van der Waals surface area (Å²) < 4.78 is 0. The lowest BCUT2D eigenvalue weighted by Gasteiger charge is -2.19. The first-order valence-electron chi connectivity index (χ1n) is 5.80. The Balaban J connectivity index is 2.99. The molecule has 0 saturated carbocycles. The van der Waals surface area contributed by atoms with Crippen LogP contribution in [-0.2, 0) is 0 Å². The van der Waals surface area contributed by atoms with Crippen molar-refractivity contribution in [2.24, 2.45) is 0 Å². The number of anilines is 1. The first kappa shape index (κ1) is 14.0. The molecule has 0 bridgehead atoms. The summed E-state index contributed by atoms with van der Waals surface area (Å²) >= 11 is 0. The Morgan fingerprint density at radius 2 is 2.00 bits per heavy atom. The van der Waals surface area contributed by atoms with Crippen LogP contribution in [0.2, 0.25) is 0 Å². The molecule has 6 heteroatoms. The van der Waals surface area contributed by atoms with Gasteiger partial charge in [0.15, 0.2) is 0 Å². The van der Waals surface area contributed by atoms with E-state index in [2.05, 4.69) is 5.32 Å². The van der Waals surface area contributed by atoms with Crippen LogP contribution in [0.3, 0.4) is 0 Å². The van der Waals surface area contributed by atoms with Crippen molar-refractivity contribution in [2.75, 3.05) is 18.4 Å². The Bertz CT molecular complexity index is 456. The van der Waals surface area contributed by atoms with E-state index in [0.717, 1.165) is 5.56 Å². The van der Waals surface area contributed by atoms with Crippen LogP contribution in [0.5, 0.6) is 0 Å². The quantitative estimate of drug-likeness (QED) is 0.660. The molecule has 0 atom stereocenters. The molecule has 2 amide bonds. The maximum absolute atomic E-state index is 11.9. The van der Waals surface area contributed by atoms with Gasteiger partial charge >= 0.3 is 6.03 Å². The smallest absolute Gasteiger partial charge is 0.322 e. The van der Waals surface area contributed by atoms with Crippen molar-refractivity contribution in [1.29, 1.82) is 0 Å². The van der Waals surface area contributed by atoms with Crippen molar-refractivity contribution >= 4 is 17.4 Å². The van der Waals surface area contributed by atoms with Crippen LogP contribution >= 0.6 is 0 Å². The molecule has 0 spiro atoms. The van der Waals surface area contributed by atoms with Gasteiger partial charge in [-0.05, 0) is 32.4 Å². The van der Waals surface area contributed by atoms with E-state index in [-0.39, 0.29) is 17.4 Å². The van der Waals surface area contributed by atoms with Gasteiger partial charge < -0.3 is 10.2 Å². The molecule has 0 aliphatic rings. The molecule has 18 heavy (non-hydrogen) atoms. The Kier molecular flexibility index (Phi) is 4.65. The minimum absolute atomic E-state index is 0.0962. The minimum atomic E-state index is -0.503. The molecule has 0 fully saturated rings. The van der Waals surface area contributed by atoms with Crippen molar-refractivity contribution in [3.63, 3.8) is 0 Å². The second-order valence-corrected chi connectivity index (χ2v) is 3.88. The van der Waals surface area contributed by atoms with Crippen LogP contribution in [0.15, 0.2) is 18.2 Å². The van der Waals surface area contributed by atoms with Crippen molar-refractivity contribution < 1.29 is 9.72 Å². The number of rotatable bonds is 4. The van der Waals surface area contributed by atoms with Crippen molar-refractivity contribution in [2.45, 2.75) is 20.8 Å². The number of carbonyl (C=O) groups excluding carboxylic acids is 1. The van der Waals surface area contributed by atoms with E-state index < -0.39 is 4.92 Å². The minimum Gasteiger partial charge on any atom is -0.325 e. The van der Waals surface area contributed by atoms with E-state index in [1.807, 2.05) is 20.8 Å². The van der Waals surface area contributed by atoms with Crippen LogP contribution in [-0.4, -0.2) is 28.9 Å². The molecule has 0 aromatic heterocycles. The van der Waals surface area contributed by atoms with E-state index in [4.69, 9.17) is 0 Å². The monoisotopic (exact) mass is 251 g/mol. The van der Waals surface area contributed by atoms with Crippen LogP contribution in [0, 0.1) is 17.0 Å². The number of nitrogens with zero attached hydrogens (tertiary/aromatic N) is 2. The second-order valence-electron chi connectivity index (χ2n) is 3.88. The summed E-state index contributed by atoms with van der Waals surface area (Å²) in [6, 6.07) is 4.31. The number of aryl methyl sites for hydroxylation is 1. The fraction of sp³-hybridized carbons (Fsp3) is 0.417. The van der Waals surface area contributed by atoms with Crippen molar-refractivity contribution in [3.05, 3.63) is 33.9 Å². The second kappa shape index (κ2) is 6.00. The normalized spacial score (nSPS) is 9.94. The largest absolute Gasteiger partial charge is 0.325 e. The molecule has 0 unspecified atom stereocenters. The zero-order valence-electron chi connectivity index (χ0n) is 10.8. The van der Waals surface area contributed by atoms with Gasteiger partial charge in [-0.2, -0.15) is 0 Å². The van der Waals surface area contributed by atoms with Crippen LogP contribution in [0.25, 0.3) is 0 Å². The van der Waals surface area contributed by atoms with E-state index in [0.29, 0.717) is 13.1 Å². The van der Waals surface area contributed by atoms with Gasteiger partial charge in [-0.15, -0.1) is 0 Å². The SMILES string of the molecule is CCN(CC)C(=O)Nc1cc(C)ccc1[N+](=O)[O-]. The topological polar surface area (TPSA) is 75.5 Å². The Hall–Kier alpha value is -2.11. The molecule has 1 aromatic rings. The first-order valence-corrected chi connectivity index (χ1v) is 5.80. The molecule has 0 heterocycles. The number of benzene rings is 1. The predicted molar refractivity (Wildman–Crippen MR) is 69.8 cm³/mol. The fourth-order valence-electron chi connectivity index (χ4n) is 1.61. The molecule has 0 radical (unpaired) electrons. The average molecular weight is 251 g/mol. The number of nitrogens with one attached hydrogen (secondary N) is 1. The highest BCUT2D eigenvalue weighted by atomic mass is 16.6. The lowest BCUT2D eigenvalue weighted by atomic mass is 10.2. The average Bonchev–Trinajstić information content (AvgIpc) is 2.30. The summed E-state index contributed by atoms with van der Waals surface area (Å²) in [4.78, 5) is 23.8. The number of nitro groups is 1. The molecule has 1 N–H and O–H groups in total. The summed E-state index contributed by atoms with van der Waals surface area (Å²) in [5, 5.41) is 13.4. The summed E-state index contributed by atoms with van der Waals surface area (Å²) in [6.07, 6.45) is 0. The highest BCUT2D eigenvalue weighted by molar-refractivity contribution is 5.91. The van der Waals surface area contributed by atoms with Gasteiger partial charge in [0.05, 0.1) is 4.92 Å². The molecule has 0 saturated heterocycles. The molecule has 98 valence electrons. The summed E-state index contributed by atoms with van der Waals surface area (Å²) in [5.74, 6) is 0. The van der Waals surface area contributed by atoms with Crippen LogP contribution < -0.4 is 5.32 Å². The summed E-state index contributed by atoms with van der Waals surface area (Å²) in [6.45, 7) is 6.64. The lowest BCUT2D eigenvalue weighted by molar-refractivity contribution is -0.383. The van der Waals surface area contributed by atoms with Gasteiger partial charge in [-0.25, -0.2) is 4.79 Å². The fourth-order valence-corrected chi connectivity index (χ4v) is 1.61. The van der Waals surface area contributed by atoms with E-state index in [1.165, 1.54) is 6.07 Å². The van der Waals surface area contributed by atoms with Gasteiger partial charge in [-0.3, -0.25) is 10.1 Å². The standard InChI is InChI=1S/C12H17N3O3/c1-4-14(5-2)12(16)13-10-8-9(3)6-7-11(10)15(17)18/h6-8H,4-5H2,1-3H3,(H,13,16). The predicted octanol–water partition coefficient (Wildman–Crippen LogP) is 2.78. The van der Waals surface area contributed by atoms with E-state index in [9.17, 15) is 14.9 Å². The Morgan fingerprint density at radius 1 is 1.39 bits per heavy atom. The summed E-state index contributed by atoms with van der Waals surface area (Å²) in [5.41, 5.74) is 0.994. The third-order valence-corrected chi connectivity index (χ3v) is 2.64. The van der Waals surface area contributed by atoms with E-state index in [1.54, 1.807) is 17.0 Å². The van der Waals surface area contributed by atoms with E-state index >= 15 is 0 Å². The third kappa shape index (κ3) is 3.19. The van der Waals surface area contributed by atoms with Gasteiger partial charge in [-0.1, -0.05) is 6.07 Å². The number of nitro benzene ring substituents is 1. The van der Waals surface area contributed by atoms with Crippen LogP contribution in [0.4, 0.5) is 16.2 Å². The van der Waals surface area contributed by atoms with Gasteiger partial charge in [0.1, 0.15) is 5.69 Å². The zero-order chi connectivity index (χ0) is 13.7. The van der Waals surface area contributed by atoms with Gasteiger partial charge in [0.25, 0.3) is 5.69 Å². The Morgan fingerprint density at radius 3 is 2.50 bits per heavy atom. The van der Waals surface area contributed by atoms with Gasteiger partial charge in [0.2, 0.25) is 0 Å². The van der Waals surface area contributed by atoms with Crippen molar-refractivity contribution in [3.8, 4) is 0 Å². The molecule has 6 nitrogen and oxygen atoms in total. The molecular formula is C12H17N3O3. The third-order valence-electron chi connectivity index (χ3n) is 2.64. The number of hydrogen-bond donors (Lipinski definition) is 1. The van der Waals surface area contributed by atoms with Crippen molar-refractivity contribution in [1.82, 2.24) is 4.90 Å². The zero-order valence-corrected chi connectivity index (χ0v) is 10.8. The highest BCUT2D eigenvalue weighted by Crippen LogP contribution is 2.25. The number of amides is 2. The first-order chi connectivity index (χ1) is 8.49. The Labute approximate surface area is 106 Å². The van der Waals surface area contributed by atoms with Gasteiger partial charge in [0, 0.05) is 19.2 Å². The molecule has 1 rings (SSSR count). The number of hydrogen-bond acceptors (Lipinski definition) is 3. The highest BCUT2D eigenvalue weighted by Gasteiger charge is 2.17. The molecule has 1 aromatic carbocycles. The maximum Gasteiger partial charge on any atom is 0.322 e. The molecule has 0 aliphatic heterocycles. The number of carbonyl (C=O) groups is 1.